The van der Waals surface area contributed by atoms with Crippen LogP contribution in [-0.4, -0.2) is 24.0 Å². The molecule has 0 spiro atoms. The van der Waals surface area contributed by atoms with E-state index < -0.39 is 4.81 Å². The summed E-state index contributed by atoms with van der Waals surface area (Å²) in [4.78, 5) is 5.25. The summed E-state index contributed by atoms with van der Waals surface area (Å²) in [5.41, 5.74) is 1.32. The monoisotopic (exact) mass is 261 g/mol. The van der Waals surface area contributed by atoms with Crippen molar-refractivity contribution in [2.24, 2.45) is 5.92 Å². The van der Waals surface area contributed by atoms with Gasteiger partial charge in [0.25, 0.3) is 0 Å². The Morgan fingerprint density at radius 2 is 1.95 bits per heavy atom. The van der Waals surface area contributed by atoms with Gasteiger partial charge >= 0.3 is 0 Å². The number of fused-ring (bicyclic) bond motifs is 1. The Morgan fingerprint density at radius 1 is 1.21 bits per heavy atom. The van der Waals surface area contributed by atoms with Crippen LogP contribution in [0.5, 0.6) is 0 Å². The smallest absolute Gasteiger partial charge is 0.126 e. The van der Waals surface area contributed by atoms with Gasteiger partial charge in [0.1, 0.15) is 12.1 Å². The fourth-order valence-electron chi connectivity index (χ4n) is 3.80. The third-order valence-electron chi connectivity index (χ3n) is 4.77. The molecule has 1 aliphatic heterocycles. The van der Waals surface area contributed by atoms with E-state index >= 15 is 0 Å². The van der Waals surface area contributed by atoms with Crippen LogP contribution in [0.1, 0.15) is 37.7 Å². The van der Waals surface area contributed by atoms with Gasteiger partial charge in [-0.1, -0.05) is 43.2 Å². The Hall–Kier alpha value is -0.900. The number of hydrogen-bond donors (Lipinski definition) is 0. The molecule has 1 saturated carbocycles. The number of rotatable bonds is 3. The lowest BCUT2D eigenvalue weighted by atomic mass is 9.80. The maximum atomic E-state index is 12.5. The Morgan fingerprint density at radius 3 is 2.74 bits per heavy atom. The lowest BCUT2D eigenvalue weighted by Gasteiger charge is -2.36. The van der Waals surface area contributed by atoms with Gasteiger partial charge in [-0.05, 0) is 24.8 Å². The first kappa shape index (κ1) is 13.1. The van der Waals surface area contributed by atoms with Gasteiger partial charge in [-0.15, -0.1) is 0 Å². The molecule has 1 aliphatic carbocycles. The van der Waals surface area contributed by atoms with Gasteiger partial charge in [0.2, 0.25) is 0 Å². The zero-order chi connectivity index (χ0) is 13.3. The summed E-state index contributed by atoms with van der Waals surface area (Å²) in [5, 5.41) is 12.5. The molecule has 3 rings (SSSR count). The summed E-state index contributed by atoms with van der Waals surface area (Å²) in [7, 11) is 1.69. The van der Waals surface area contributed by atoms with Crippen LogP contribution in [-0.2, 0) is 11.3 Å². The first-order chi connectivity index (χ1) is 9.17. The molecule has 1 saturated heterocycles. The van der Waals surface area contributed by atoms with E-state index in [2.05, 4.69) is 24.3 Å². The lowest BCUT2D eigenvalue weighted by molar-refractivity contribution is -1.06. The second-order valence-corrected chi connectivity index (χ2v) is 6.09. The second-order valence-electron chi connectivity index (χ2n) is 6.09. The van der Waals surface area contributed by atoms with Gasteiger partial charge in [0.05, 0.1) is 7.05 Å². The van der Waals surface area contributed by atoms with E-state index in [1.54, 1.807) is 7.05 Å². The van der Waals surface area contributed by atoms with Crippen LogP contribution < -0.4 is 0 Å². The molecule has 1 heterocycles. The molecule has 0 aromatic heterocycles. The molecule has 1 aromatic carbocycles. The van der Waals surface area contributed by atoms with Crippen molar-refractivity contribution >= 4 is 0 Å². The summed E-state index contributed by atoms with van der Waals surface area (Å²) in [6.07, 6.45) is 6.83. The predicted molar refractivity (Wildman–Crippen MR) is 74.9 cm³/mol. The van der Waals surface area contributed by atoms with E-state index in [0.29, 0.717) is 5.92 Å². The third kappa shape index (κ3) is 2.69. The predicted octanol–water partition coefficient (Wildman–Crippen LogP) is 3.44. The molecule has 0 N–H and O–H groups in total. The van der Waals surface area contributed by atoms with E-state index in [9.17, 15) is 5.21 Å². The van der Waals surface area contributed by atoms with Crippen LogP contribution in [0.2, 0.25) is 0 Å². The zero-order valence-electron chi connectivity index (χ0n) is 11.6. The third-order valence-corrected chi connectivity index (χ3v) is 4.77. The maximum absolute atomic E-state index is 12.5. The minimum absolute atomic E-state index is 0.116. The molecule has 104 valence electrons. The van der Waals surface area contributed by atoms with Crippen molar-refractivity contribution in [3.63, 3.8) is 0 Å². The minimum atomic E-state index is -0.484. The largest absolute Gasteiger partial charge is 0.598 e. The van der Waals surface area contributed by atoms with Gasteiger partial charge in [-0.3, -0.25) is 0 Å². The van der Waals surface area contributed by atoms with Crippen LogP contribution in [0.4, 0.5) is 0 Å². The lowest BCUT2D eigenvalue weighted by Crippen LogP contribution is -2.43. The highest BCUT2D eigenvalue weighted by molar-refractivity contribution is 5.14. The van der Waals surface area contributed by atoms with E-state index in [1.807, 2.05) is 6.07 Å². The van der Waals surface area contributed by atoms with Crippen molar-refractivity contribution in [2.45, 2.75) is 50.7 Å². The molecule has 3 heteroatoms. The number of hydrogen-bond acceptors (Lipinski definition) is 2. The van der Waals surface area contributed by atoms with Crippen molar-refractivity contribution in [3.8, 4) is 0 Å². The number of aryl methyl sites for hydroxylation is 1. The van der Waals surface area contributed by atoms with Crippen molar-refractivity contribution in [3.05, 3.63) is 41.1 Å². The van der Waals surface area contributed by atoms with E-state index in [4.69, 9.17) is 4.84 Å². The van der Waals surface area contributed by atoms with E-state index in [-0.39, 0.29) is 12.1 Å². The van der Waals surface area contributed by atoms with Crippen LogP contribution in [0.3, 0.4) is 0 Å². The highest BCUT2D eigenvalue weighted by Crippen LogP contribution is 2.42. The molecule has 4 unspecified atom stereocenters. The molecular weight excluding hydrogens is 238 g/mol. The summed E-state index contributed by atoms with van der Waals surface area (Å²) >= 11 is 0. The Bertz CT molecular complexity index is 418. The summed E-state index contributed by atoms with van der Waals surface area (Å²) < 4.78 is 0. The fourth-order valence-corrected chi connectivity index (χ4v) is 3.80. The molecule has 2 aliphatic rings. The molecule has 0 bridgehead atoms. The molecule has 19 heavy (non-hydrogen) atoms. The highest BCUT2D eigenvalue weighted by atomic mass is 16.9. The zero-order valence-corrected chi connectivity index (χ0v) is 11.6. The summed E-state index contributed by atoms with van der Waals surface area (Å²) in [6, 6.07) is 10.6. The maximum Gasteiger partial charge on any atom is 0.126 e. The molecule has 0 amide bonds. The van der Waals surface area contributed by atoms with Crippen molar-refractivity contribution < 1.29 is 9.65 Å². The van der Waals surface area contributed by atoms with Gasteiger partial charge in [-0.2, -0.15) is 4.84 Å². The van der Waals surface area contributed by atoms with E-state index in [1.165, 1.54) is 24.8 Å². The van der Waals surface area contributed by atoms with Gasteiger partial charge in [-0.25, -0.2) is 4.81 Å². The molecular formula is C16H23NO2. The number of quaternary nitrogens is 1. The molecule has 1 aromatic rings. The normalized spacial score (nSPS) is 38.1. The van der Waals surface area contributed by atoms with Crippen LogP contribution in [0.25, 0.3) is 0 Å². The molecule has 3 nitrogen and oxygen atoms in total. The SMILES string of the molecule is C[N+]1([O-])OC2CCCCC2C1CCc1ccccc1. The molecule has 2 fully saturated rings. The number of benzene rings is 1. The summed E-state index contributed by atoms with van der Waals surface area (Å²) in [5.74, 6) is 0.472. The standard InChI is InChI=1S/C16H23NO2/c1-17(18)15(12-11-13-7-3-2-4-8-13)14-9-5-6-10-16(14)19-17/h2-4,7-8,14-16H,5-6,9-12H2,1H3. The van der Waals surface area contributed by atoms with Crippen LogP contribution in [0, 0.1) is 11.1 Å². The first-order valence-corrected chi connectivity index (χ1v) is 7.46. The average molecular weight is 261 g/mol. The van der Waals surface area contributed by atoms with Crippen molar-refractivity contribution in [2.75, 3.05) is 7.05 Å². The quantitative estimate of drug-likeness (QED) is 0.616. The fraction of sp³-hybridized carbons (Fsp3) is 0.625. The minimum Gasteiger partial charge on any atom is -0.598 e. The van der Waals surface area contributed by atoms with Gasteiger partial charge in [0.15, 0.2) is 0 Å². The number of nitrogens with zero attached hydrogens (tertiary/aromatic N) is 1. The Kier molecular flexibility index (Phi) is 3.61. The van der Waals surface area contributed by atoms with Gasteiger partial charge < -0.3 is 5.21 Å². The second kappa shape index (κ2) is 5.23. The topological polar surface area (TPSA) is 32.3 Å². The highest BCUT2D eigenvalue weighted by Gasteiger charge is 2.49. The molecule has 0 radical (unpaired) electrons. The number of hydroxylamine groups is 4. The Labute approximate surface area is 115 Å². The summed E-state index contributed by atoms with van der Waals surface area (Å²) in [6.45, 7) is 0. The first-order valence-electron chi connectivity index (χ1n) is 7.46. The van der Waals surface area contributed by atoms with Gasteiger partial charge in [0, 0.05) is 12.3 Å². The average Bonchev–Trinajstić information content (AvgIpc) is 2.67. The molecule has 4 atom stereocenters. The van der Waals surface area contributed by atoms with E-state index in [0.717, 1.165) is 19.3 Å². The van der Waals surface area contributed by atoms with Crippen molar-refractivity contribution in [1.29, 1.82) is 0 Å². The van der Waals surface area contributed by atoms with Crippen molar-refractivity contribution in [1.82, 2.24) is 0 Å². The Balaban J connectivity index is 1.68. The van der Waals surface area contributed by atoms with Crippen LogP contribution in [0.15, 0.2) is 30.3 Å². The van der Waals surface area contributed by atoms with Crippen LogP contribution >= 0.6 is 0 Å².